The molecule has 0 fully saturated rings. The molecule has 1 aromatic heterocycles. The van der Waals surface area contributed by atoms with E-state index in [1.807, 2.05) is 43.5 Å². The minimum atomic E-state index is 0.169. The van der Waals surface area contributed by atoms with Gasteiger partial charge in [-0.25, -0.2) is 0 Å². The summed E-state index contributed by atoms with van der Waals surface area (Å²) in [5, 5.41) is 4.00. The number of hydrogen-bond donors (Lipinski definition) is 1. The van der Waals surface area contributed by atoms with Gasteiger partial charge in [-0.3, -0.25) is 4.98 Å². The van der Waals surface area contributed by atoms with Gasteiger partial charge < -0.3 is 10.1 Å². The van der Waals surface area contributed by atoms with Gasteiger partial charge in [0.1, 0.15) is 5.75 Å². The predicted octanol–water partition coefficient (Wildman–Crippen LogP) is 4.31. The van der Waals surface area contributed by atoms with Gasteiger partial charge in [0.25, 0.3) is 0 Å². The van der Waals surface area contributed by atoms with Crippen LogP contribution in [0.15, 0.2) is 42.7 Å². The number of rotatable bonds is 5. The Kier molecular flexibility index (Phi) is 4.63. The van der Waals surface area contributed by atoms with Crippen molar-refractivity contribution in [1.82, 2.24) is 4.98 Å². The first kappa shape index (κ1) is 13.7. The van der Waals surface area contributed by atoms with Crippen LogP contribution in [0.4, 0.5) is 5.69 Å². The van der Waals surface area contributed by atoms with Gasteiger partial charge in [-0.1, -0.05) is 17.7 Å². The van der Waals surface area contributed by atoms with Gasteiger partial charge in [-0.15, -0.1) is 0 Å². The first-order chi connectivity index (χ1) is 9.20. The maximum atomic E-state index is 6.16. The van der Waals surface area contributed by atoms with E-state index in [-0.39, 0.29) is 6.04 Å². The van der Waals surface area contributed by atoms with E-state index in [0.29, 0.717) is 17.4 Å². The molecule has 0 radical (unpaired) electrons. The Bertz CT molecular complexity index is 531. The van der Waals surface area contributed by atoms with E-state index in [1.165, 1.54) is 0 Å². The second-order valence-corrected chi connectivity index (χ2v) is 4.64. The van der Waals surface area contributed by atoms with Crippen molar-refractivity contribution in [3.63, 3.8) is 0 Å². The molecule has 0 bridgehead atoms. The van der Waals surface area contributed by atoms with E-state index in [0.717, 1.165) is 11.3 Å². The van der Waals surface area contributed by atoms with Crippen molar-refractivity contribution in [3.8, 4) is 5.75 Å². The highest BCUT2D eigenvalue weighted by Crippen LogP contribution is 2.29. The number of anilines is 1. The smallest absolute Gasteiger partial charge is 0.138 e. The number of ether oxygens (including phenoxy) is 1. The monoisotopic (exact) mass is 276 g/mol. The molecule has 1 unspecified atom stereocenters. The van der Waals surface area contributed by atoms with Gasteiger partial charge in [-0.2, -0.15) is 0 Å². The third-order valence-corrected chi connectivity index (χ3v) is 3.09. The maximum absolute atomic E-state index is 6.16. The van der Waals surface area contributed by atoms with Crippen LogP contribution >= 0.6 is 11.6 Å². The summed E-state index contributed by atoms with van der Waals surface area (Å²) < 4.78 is 5.41. The summed E-state index contributed by atoms with van der Waals surface area (Å²) in [6, 6.07) is 9.86. The molecular formula is C15H17ClN2O. The van der Waals surface area contributed by atoms with Gasteiger partial charge in [0.15, 0.2) is 0 Å². The fourth-order valence-electron chi connectivity index (χ4n) is 1.83. The zero-order valence-corrected chi connectivity index (χ0v) is 11.8. The number of halogens is 1. The summed E-state index contributed by atoms with van der Waals surface area (Å²) in [7, 11) is 0. The molecule has 0 aliphatic rings. The molecule has 0 spiro atoms. The highest BCUT2D eigenvalue weighted by Gasteiger charge is 2.07. The Hall–Kier alpha value is -1.74. The lowest BCUT2D eigenvalue weighted by atomic mass is 10.1. The summed E-state index contributed by atoms with van der Waals surface area (Å²) in [6.07, 6.45) is 3.62. The van der Waals surface area contributed by atoms with Crippen molar-refractivity contribution in [2.75, 3.05) is 11.9 Å². The first-order valence-electron chi connectivity index (χ1n) is 6.29. The summed E-state index contributed by atoms with van der Waals surface area (Å²) in [6.45, 7) is 4.63. The highest BCUT2D eigenvalue weighted by molar-refractivity contribution is 6.32. The Morgan fingerprint density at radius 3 is 2.84 bits per heavy atom. The molecule has 0 aliphatic heterocycles. The lowest BCUT2D eigenvalue weighted by molar-refractivity contribution is 0.340. The number of benzene rings is 1. The molecule has 19 heavy (non-hydrogen) atoms. The summed E-state index contributed by atoms with van der Waals surface area (Å²) in [4.78, 5) is 4.12. The van der Waals surface area contributed by atoms with Gasteiger partial charge >= 0.3 is 0 Å². The minimum Gasteiger partial charge on any atom is -0.492 e. The van der Waals surface area contributed by atoms with Crippen molar-refractivity contribution in [2.45, 2.75) is 19.9 Å². The van der Waals surface area contributed by atoms with Crippen molar-refractivity contribution >= 4 is 17.3 Å². The van der Waals surface area contributed by atoms with E-state index < -0.39 is 0 Å². The van der Waals surface area contributed by atoms with Crippen LogP contribution < -0.4 is 10.1 Å². The van der Waals surface area contributed by atoms with Crippen LogP contribution in [0.1, 0.15) is 25.5 Å². The third-order valence-electron chi connectivity index (χ3n) is 2.80. The Balaban J connectivity index is 2.09. The molecule has 0 aliphatic carbocycles. The molecule has 0 amide bonds. The fourth-order valence-corrected chi connectivity index (χ4v) is 2.06. The average molecular weight is 277 g/mol. The molecule has 100 valence electrons. The zero-order valence-electron chi connectivity index (χ0n) is 11.1. The Labute approximate surface area is 118 Å². The SMILES string of the molecule is CCOc1ccc(NC(C)c2cccnc2)cc1Cl. The number of hydrogen-bond acceptors (Lipinski definition) is 3. The quantitative estimate of drug-likeness (QED) is 0.884. The van der Waals surface area contributed by atoms with Crippen LogP contribution in [0.2, 0.25) is 5.02 Å². The zero-order chi connectivity index (χ0) is 13.7. The molecule has 2 rings (SSSR count). The minimum absolute atomic E-state index is 0.169. The summed E-state index contributed by atoms with van der Waals surface area (Å²) in [5.41, 5.74) is 2.09. The number of nitrogens with one attached hydrogen (secondary N) is 1. The normalized spacial score (nSPS) is 11.9. The topological polar surface area (TPSA) is 34.1 Å². The molecule has 4 heteroatoms. The maximum Gasteiger partial charge on any atom is 0.138 e. The van der Waals surface area contributed by atoms with Crippen molar-refractivity contribution in [2.24, 2.45) is 0 Å². The van der Waals surface area contributed by atoms with E-state index in [4.69, 9.17) is 16.3 Å². The number of aromatic nitrogens is 1. The molecular weight excluding hydrogens is 260 g/mol. The van der Waals surface area contributed by atoms with Crippen LogP contribution in [0, 0.1) is 0 Å². The Morgan fingerprint density at radius 1 is 1.37 bits per heavy atom. The van der Waals surface area contributed by atoms with E-state index in [9.17, 15) is 0 Å². The summed E-state index contributed by atoms with van der Waals surface area (Å²) >= 11 is 6.16. The van der Waals surface area contributed by atoms with Crippen LogP contribution in [0.25, 0.3) is 0 Å². The van der Waals surface area contributed by atoms with Gasteiger partial charge in [0.05, 0.1) is 17.7 Å². The van der Waals surface area contributed by atoms with Crippen LogP contribution in [0.5, 0.6) is 5.75 Å². The highest BCUT2D eigenvalue weighted by atomic mass is 35.5. The lowest BCUT2D eigenvalue weighted by Crippen LogP contribution is -2.06. The van der Waals surface area contributed by atoms with E-state index in [2.05, 4.69) is 17.2 Å². The fraction of sp³-hybridized carbons (Fsp3) is 0.267. The molecule has 1 atom stereocenters. The largest absolute Gasteiger partial charge is 0.492 e. The van der Waals surface area contributed by atoms with Crippen molar-refractivity contribution in [3.05, 3.63) is 53.3 Å². The van der Waals surface area contributed by atoms with Crippen LogP contribution in [0.3, 0.4) is 0 Å². The molecule has 0 saturated heterocycles. The van der Waals surface area contributed by atoms with Gasteiger partial charge in [-0.05, 0) is 43.7 Å². The van der Waals surface area contributed by atoms with E-state index >= 15 is 0 Å². The molecule has 1 N–H and O–H groups in total. The molecule has 2 aromatic rings. The second kappa shape index (κ2) is 6.43. The third kappa shape index (κ3) is 3.61. The van der Waals surface area contributed by atoms with Crippen LogP contribution in [-0.4, -0.2) is 11.6 Å². The van der Waals surface area contributed by atoms with Crippen molar-refractivity contribution in [1.29, 1.82) is 0 Å². The van der Waals surface area contributed by atoms with E-state index in [1.54, 1.807) is 6.20 Å². The molecule has 3 nitrogen and oxygen atoms in total. The molecule has 1 heterocycles. The predicted molar refractivity (Wildman–Crippen MR) is 78.9 cm³/mol. The number of nitrogens with zero attached hydrogens (tertiary/aromatic N) is 1. The first-order valence-corrected chi connectivity index (χ1v) is 6.67. The standard InChI is InChI=1S/C15H17ClN2O/c1-3-19-15-7-6-13(9-14(15)16)18-11(2)12-5-4-8-17-10-12/h4-11,18H,3H2,1-2H3. The average Bonchev–Trinajstić information content (AvgIpc) is 2.43. The van der Waals surface area contributed by atoms with Gasteiger partial charge in [0, 0.05) is 18.1 Å². The van der Waals surface area contributed by atoms with Crippen LogP contribution in [-0.2, 0) is 0 Å². The Morgan fingerprint density at radius 2 is 2.21 bits per heavy atom. The number of pyridine rings is 1. The lowest BCUT2D eigenvalue weighted by Gasteiger charge is -2.16. The van der Waals surface area contributed by atoms with Crippen molar-refractivity contribution < 1.29 is 4.74 Å². The molecule has 0 saturated carbocycles. The summed E-state index contributed by atoms with van der Waals surface area (Å²) in [5.74, 6) is 0.712. The molecule has 1 aromatic carbocycles. The second-order valence-electron chi connectivity index (χ2n) is 4.23. The van der Waals surface area contributed by atoms with Gasteiger partial charge in [0.2, 0.25) is 0 Å².